The molecule has 0 aliphatic heterocycles. The molecule has 0 aliphatic carbocycles. The molecule has 0 aliphatic rings. The van der Waals surface area contributed by atoms with Crippen molar-refractivity contribution >= 4 is 5.97 Å². The van der Waals surface area contributed by atoms with E-state index in [1.807, 2.05) is 37.3 Å². The molecule has 1 aromatic heterocycles. The first-order chi connectivity index (χ1) is 8.58. The number of hydrogen-bond donors (Lipinski definition) is 0. The van der Waals surface area contributed by atoms with E-state index in [-0.39, 0.29) is 11.9 Å². The number of para-hydroxylation sites is 1. The molecule has 0 bridgehead atoms. The molecule has 0 saturated carbocycles. The third kappa shape index (κ3) is 2.59. The fourth-order valence-corrected chi connectivity index (χ4v) is 1.52. The van der Waals surface area contributed by atoms with Gasteiger partial charge in [-0.3, -0.25) is 4.79 Å². The number of rotatable bonds is 3. The number of benzene rings is 1. The quantitative estimate of drug-likeness (QED) is 0.780. The van der Waals surface area contributed by atoms with Crippen molar-refractivity contribution in [1.82, 2.24) is 9.78 Å². The Kier molecular flexibility index (Phi) is 3.46. The molecule has 0 amide bonds. The second-order valence-corrected chi connectivity index (χ2v) is 4.45. The van der Waals surface area contributed by atoms with Crippen LogP contribution in [0.2, 0.25) is 0 Å². The Bertz CT molecular complexity index is 544. The Morgan fingerprint density at radius 3 is 2.56 bits per heavy atom. The van der Waals surface area contributed by atoms with Crippen LogP contribution in [0, 0.1) is 12.8 Å². The molecule has 0 fully saturated rings. The van der Waals surface area contributed by atoms with Gasteiger partial charge in [-0.25, -0.2) is 4.68 Å². The second kappa shape index (κ2) is 5.04. The maximum Gasteiger partial charge on any atom is 0.315 e. The van der Waals surface area contributed by atoms with Crippen molar-refractivity contribution in [2.24, 2.45) is 5.92 Å². The van der Waals surface area contributed by atoms with Gasteiger partial charge in [-0.2, -0.15) is 5.10 Å². The molecule has 1 aromatic carbocycles. The van der Waals surface area contributed by atoms with Crippen molar-refractivity contribution in [3.63, 3.8) is 0 Å². The highest BCUT2D eigenvalue weighted by Crippen LogP contribution is 2.19. The number of aryl methyl sites for hydroxylation is 1. The van der Waals surface area contributed by atoms with E-state index in [9.17, 15) is 4.79 Å². The van der Waals surface area contributed by atoms with Crippen LogP contribution in [0.15, 0.2) is 36.4 Å². The summed E-state index contributed by atoms with van der Waals surface area (Å²) >= 11 is 0. The van der Waals surface area contributed by atoms with Crippen molar-refractivity contribution < 1.29 is 9.53 Å². The van der Waals surface area contributed by atoms with E-state index in [0.29, 0.717) is 5.88 Å². The van der Waals surface area contributed by atoms with Gasteiger partial charge in [0.05, 0.1) is 17.3 Å². The number of nitrogens with zero attached hydrogens (tertiary/aromatic N) is 2. The van der Waals surface area contributed by atoms with Crippen molar-refractivity contribution in [2.75, 3.05) is 0 Å². The fraction of sp³-hybridized carbons (Fsp3) is 0.286. The first kappa shape index (κ1) is 12.4. The van der Waals surface area contributed by atoms with Gasteiger partial charge < -0.3 is 4.74 Å². The Balaban J connectivity index is 2.35. The molecular formula is C14H16N2O2. The van der Waals surface area contributed by atoms with Gasteiger partial charge in [-0.1, -0.05) is 32.0 Å². The topological polar surface area (TPSA) is 44.1 Å². The Morgan fingerprint density at radius 2 is 1.94 bits per heavy atom. The number of aromatic nitrogens is 2. The lowest BCUT2D eigenvalue weighted by molar-refractivity contribution is -0.138. The number of esters is 1. The van der Waals surface area contributed by atoms with Gasteiger partial charge in [0.2, 0.25) is 5.88 Å². The Morgan fingerprint density at radius 1 is 1.28 bits per heavy atom. The fourth-order valence-electron chi connectivity index (χ4n) is 1.52. The van der Waals surface area contributed by atoms with E-state index in [1.165, 1.54) is 0 Å². The van der Waals surface area contributed by atoms with Crippen LogP contribution in [-0.2, 0) is 4.79 Å². The van der Waals surface area contributed by atoms with Crippen LogP contribution >= 0.6 is 0 Å². The van der Waals surface area contributed by atoms with Crippen LogP contribution in [0.5, 0.6) is 5.88 Å². The van der Waals surface area contributed by atoms with Gasteiger partial charge in [0.1, 0.15) is 0 Å². The van der Waals surface area contributed by atoms with E-state index in [4.69, 9.17) is 4.74 Å². The highest BCUT2D eigenvalue weighted by molar-refractivity contribution is 5.74. The molecule has 94 valence electrons. The molecule has 0 radical (unpaired) electrons. The summed E-state index contributed by atoms with van der Waals surface area (Å²) in [7, 11) is 0. The molecule has 2 aromatic rings. The molecule has 1 heterocycles. The zero-order valence-corrected chi connectivity index (χ0v) is 10.8. The van der Waals surface area contributed by atoms with Gasteiger partial charge >= 0.3 is 5.97 Å². The molecule has 0 unspecified atom stereocenters. The predicted molar refractivity (Wildman–Crippen MR) is 68.8 cm³/mol. The molecule has 18 heavy (non-hydrogen) atoms. The smallest absolute Gasteiger partial charge is 0.315 e. The molecule has 0 spiro atoms. The second-order valence-electron chi connectivity index (χ2n) is 4.45. The summed E-state index contributed by atoms with van der Waals surface area (Å²) in [6.45, 7) is 5.48. The predicted octanol–water partition coefficient (Wildman–Crippen LogP) is 2.74. The van der Waals surface area contributed by atoms with E-state index >= 15 is 0 Å². The SMILES string of the molecule is Cc1cc(OC(=O)C(C)C)n(-c2ccccc2)n1. The van der Waals surface area contributed by atoms with Crippen LogP contribution in [0.25, 0.3) is 5.69 Å². The summed E-state index contributed by atoms with van der Waals surface area (Å²) in [5, 5.41) is 4.33. The molecule has 2 rings (SSSR count). The van der Waals surface area contributed by atoms with E-state index in [1.54, 1.807) is 24.6 Å². The van der Waals surface area contributed by atoms with Crippen LogP contribution in [-0.4, -0.2) is 15.7 Å². The molecule has 0 atom stereocenters. The van der Waals surface area contributed by atoms with E-state index in [2.05, 4.69) is 5.10 Å². The molecular weight excluding hydrogens is 228 g/mol. The van der Waals surface area contributed by atoms with Gasteiger partial charge in [0.25, 0.3) is 0 Å². The van der Waals surface area contributed by atoms with Gasteiger partial charge in [-0.05, 0) is 19.1 Å². The number of ether oxygens (including phenoxy) is 1. The zero-order valence-electron chi connectivity index (χ0n) is 10.8. The summed E-state index contributed by atoms with van der Waals surface area (Å²) in [6.07, 6.45) is 0. The third-order valence-corrected chi connectivity index (χ3v) is 2.48. The summed E-state index contributed by atoms with van der Waals surface area (Å²) in [4.78, 5) is 11.6. The number of carbonyl (C=O) groups is 1. The van der Waals surface area contributed by atoms with Crippen molar-refractivity contribution in [2.45, 2.75) is 20.8 Å². The largest absolute Gasteiger partial charge is 0.407 e. The first-order valence-electron chi connectivity index (χ1n) is 5.91. The van der Waals surface area contributed by atoms with Crippen LogP contribution in [0.4, 0.5) is 0 Å². The Labute approximate surface area is 106 Å². The molecule has 0 N–H and O–H groups in total. The average molecular weight is 244 g/mol. The zero-order chi connectivity index (χ0) is 13.1. The van der Waals surface area contributed by atoms with E-state index in [0.717, 1.165) is 11.4 Å². The van der Waals surface area contributed by atoms with Crippen molar-refractivity contribution in [3.8, 4) is 11.6 Å². The highest BCUT2D eigenvalue weighted by atomic mass is 16.5. The highest BCUT2D eigenvalue weighted by Gasteiger charge is 2.15. The van der Waals surface area contributed by atoms with Gasteiger partial charge in [0, 0.05) is 6.07 Å². The minimum absolute atomic E-state index is 0.163. The number of hydrogen-bond acceptors (Lipinski definition) is 3. The van der Waals surface area contributed by atoms with Crippen LogP contribution in [0.3, 0.4) is 0 Å². The lowest BCUT2D eigenvalue weighted by Crippen LogP contribution is -2.16. The minimum atomic E-state index is -0.257. The average Bonchev–Trinajstić information content (AvgIpc) is 2.71. The summed E-state index contributed by atoms with van der Waals surface area (Å²) in [5.74, 6) is 0.0360. The monoisotopic (exact) mass is 244 g/mol. The van der Waals surface area contributed by atoms with Crippen molar-refractivity contribution in [3.05, 3.63) is 42.1 Å². The normalized spacial score (nSPS) is 10.7. The Hall–Kier alpha value is -2.10. The minimum Gasteiger partial charge on any atom is -0.407 e. The molecule has 0 saturated heterocycles. The summed E-state index contributed by atoms with van der Waals surface area (Å²) in [6, 6.07) is 11.4. The van der Waals surface area contributed by atoms with Crippen LogP contribution < -0.4 is 4.74 Å². The van der Waals surface area contributed by atoms with Gasteiger partial charge in [-0.15, -0.1) is 0 Å². The van der Waals surface area contributed by atoms with Gasteiger partial charge in [0.15, 0.2) is 0 Å². The van der Waals surface area contributed by atoms with E-state index < -0.39 is 0 Å². The summed E-state index contributed by atoms with van der Waals surface area (Å²) in [5.41, 5.74) is 1.68. The standard InChI is InChI=1S/C14H16N2O2/c1-10(2)14(17)18-13-9-11(3)15-16(13)12-7-5-4-6-8-12/h4-10H,1-3H3. The summed E-state index contributed by atoms with van der Waals surface area (Å²) < 4.78 is 6.98. The van der Waals surface area contributed by atoms with Crippen molar-refractivity contribution in [1.29, 1.82) is 0 Å². The maximum absolute atomic E-state index is 11.6. The first-order valence-corrected chi connectivity index (χ1v) is 5.91. The maximum atomic E-state index is 11.6. The number of carbonyl (C=O) groups excluding carboxylic acids is 1. The lowest BCUT2D eigenvalue weighted by Gasteiger charge is -2.09. The molecule has 4 heteroatoms. The third-order valence-electron chi connectivity index (χ3n) is 2.48. The molecule has 4 nitrogen and oxygen atoms in total. The lowest BCUT2D eigenvalue weighted by atomic mass is 10.2. The van der Waals surface area contributed by atoms with Crippen LogP contribution in [0.1, 0.15) is 19.5 Å².